The molecule has 1 aromatic rings. The lowest BCUT2D eigenvalue weighted by molar-refractivity contribution is -0.348. The summed E-state index contributed by atoms with van der Waals surface area (Å²) in [5.41, 5.74) is -2.80. The van der Waals surface area contributed by atoms with E-state index >= 15 is 0 Å². The first kappa shape index (κ1) is 14.4. The first-order chi connectivity index (χ1) is 7.91. The lowest BCUT2D eigenvalue weighted by Gasteiger charge is -2.30. The summed E-state index contributed by atoms with van der Waals surface area (Å²) in [6.45, 7) is 0. The number of benzene rings is 1. The Balaban J connectivity index is 3.51. The lowest BCUT2D eigenvalue weighted by Crippen LogP contribution is -2.50. The van der Waals surface area contributed by atoms with Crippen LogP contribution in [-0.4, -0.2) is 17.5 Å². The first-order valence-electron chi connectivity index (χ1n) is 4.32. The third-order valence-corrected chi connectivity index (χ3v) is 2.21. The predicted molar refractivity (Wildman–Crippen MR) is 47.4 cm³/mol. The van der Waals surface area contributed by atoms with Crippen molar-refractivity contribution in [2.45, 2.75) is 18.0 Å². The third-order valence-electron chi connectivity index (χ3n) is 2.21. The highest BCUT2D eigenvalue weighted by molar-refractivity contribution is 5.54. The normalized spacial score (nSPS) is 13.7. The monoisotopic (exact) mass is 277 g/mol. The molecule has 0 atom stereocenters. The molecule has 1 aromatic carbocycles. The standard InChI is InChI=1S/C9H6F7NO/c10-7(8(11,12)13,9(14,15)16)4-1-2-5(17)6(18)3-4/h1-3,18H,17H2. The summed E-state index contributed by atoms with van der Waals surface area (Å²) in [5.74, 6) is -1.07. The van der Waals surface area contributed by atoms with E-state index in [1.54, 1.807) is 0 Å². The van der Waals surface area contributed by atoms with Gasteiger partial charge in [0, 0.05) is 5.56 Å². The Morgan fingerprint density at radius 1 is 0.889 bits per heavy atom. The van der Waals surface area contributed by atoms with E-state index in [0.29, 0.717) is 6.07 Å². The van der Waals surface area contributed by atoms with Gasteiger partial charge in [0.2, 0.25) is 0 Å². The fourth-order valence-corrected chi connectivity index (χ4v) is 1.25. The number of phenolic OH excluding ortho intramolecular Hbond substituents is 1. The summed E-state index contributed by atoms with van der Waals surface area (Å²) in [5, 5.41) is 8.97. The molecule has 3 N–H and O–H groups in total. The van der Waals surface area contributed by atoms with Crippen LogP contribution >= 0.6 is 0 Å². The van der Waals surface area contributed by atoms with Crippen LogP contribution in [0.4, 0.5) is 36.4 Å². The highest BCUT2D eigenvalue weighted by Gasteiger charge is 2.73. The molecule has 0 amide bonds. The second kappa shape index (κ2) is 3.92. The van der Waals surface area contributed by atoms with E-state index in [0.717, 1.165) is 0 Å². The predicted octanol–water partition coefficient (Wildman–Crippen LogP) is 3.26. The van der Waals surface area contributed by atoms with E-state index in [2.05, 4.69) is 0 Å². The van der Waals surface area contributed by atoms with Gasteiger partial charge in [-0.25, -0.2) is 4.39 Å². The van der Waals surface area contributed by atoms with Crippen LogP contribution in [0.1, 0.15) is 5.56 Å². The van der Waals surface area contributed by atoms with Gasteiger partial charge < -0.3 is 10.8 Å². The molecule has 0 fully saturated rings. The molecule has 0 aliphatic heterocycles. The summed E-state index contributed by atoms with van der Waals surface area (Å²) < 4.78 is 87.3. The van der Waals surface area contributed by atoms with E-state index in [1.165, 1.54) is 0 Å². The number of hydrogen-bond donors (Lipinski definition) is 2. The number of nitrogens with two attached hydrogens (primary N) is 1. The molecule has 0 aliphatic carbocycles. The van der Waals surface area contributed by atoms with Gasteiger partial charge in [0.1, 0.15) is 5.75 Å². The van der Waals surface area contributed by atoms with Gasteiger partial charge in [0.05, 0.1) is 5.69 Å². The average Bonchev–Trinajstić information content (AvgIpc) is 2.17. The van der Waals surface area contributed by atoms with Crippen LogP contribution in [0, 0.1) is 0 Å². The van der Waals surface area contributed by atoms with Crippen LogP contribution in [0.2, 0.25) is 0 Å². The Labute approximate surface area is 95.8 Å². The fraction of sp³-hybridized carbons (Fsp3) is 0.333. The van der Waals surface area contributed by atoms with E-state index in [1.807, 2.05) is 0 Å². The topological polar surface area (TPSA) is 46.2 Å². The van der Waals surface area contributed by atoms with Crippen molar-refractivity contribution >= 4 is 5.69 Å². The Kier molecular flexibility index (Phi) is 3.14. The molecular weight excluding hydrogens is 271 g/mol. The molecule has 2 nitrogen and oxygen atoms in total. The molecule has 0 aromatic heterocycles. The van der Waals surface area contributed by atoms with E-state index in [9.17, 15) is 30.7 Å². The Bertz CT molecular complexity index is 437. The van der Waals surface area contributed by atoms with Crippen LogP contribution in [0.15, 0.2) is 18.2 Å². The molecule has 18 heavy (non-hydrogen) atoms. The molecular formula is C9H6F7NO. The number of aromatic hydroxyl groups is 1. The van der Waals surface area contributed by atoms with Gasteiger partial charge in [-0.2, -0.15) is 26.3 Å². The zero-order valence-corrected chi connectivity index (χ0v) is 8.40. The van der Waals surface area contributed by atoms with Crippen molar-refractivity contribution in [1.29, 1.82) is 0 Å². The number of anilines is 1. The fourth-order valence-electron chi connectivity index (χ4n) is 1.25. The largest absolute Gasteiger partial charge is 0.506 e. The molecule has 0 radical (unpaired) electrons. The third kappa shape index (κ3) is 2.04. The van der Waals surface area contributed by atoms with Crippen molar-refractivity contribution in [3.05, 3.63) is 23.8 Å². The number of phenols is 1. The maximum absolute atomic E-state index is 13.4. The molecule has 0 unspecified atom stereocenters. The van der Waals surface area contributed by atoms with Gasteiger partial charge >= 0.3 is 18.0 Å². The molecule has 9 heteroatoms. The van der Waals surface area contributed by atoms with Gasteiger partial charge in [0.15, 0.2) is 0 Å². The summed E-state index contributed by atoms with van der Waals surface area (Å²) in [6.07, 6.45) is -12.4. The molecule has 0 spiro atoms. The highest BCUT2D eigenvalue weighted by Crippen LogP contribution is 2.53. The zero-order valence-electron chi connectivity index (χ0n) is 8.40. The summed E-state index contributed by atoms with van der Waals surface area (Å²) in [4.78, 5) is 0. The smallest absolute Gasteiger partial charge is 0.435 e. The maximum atomic E-state index is 13.4. The molecule has 102 valence electrons. The zero-order chi connectivity index (χ0) is 14.4. The number of nitrogen functional groups attached to an aromatic ring is 1. The Hall–Kier alpha value is -1.67. The minimum absolute atomic E-state index is 0.00366. The molecule has 0 saturated heterocycles. The van der Waals surface area contributed by atoms with Gasteiger partial charge in [-0.1, -0.05) is 6.07 Å². The number of alkyl halides is 7. The van der Waals surface area contributed by atoms with Crippen molar-refractivity contribution in [2.75, 3.05) is 5.73 Å². The number of hydrogen-bond acceptors (Lipinski definition) is 2. The lowest BCUT2D eigenvalue weighted by atomic mass is 9.93. The first-order valence-corrected chi connectivity index (χ1v) is 4.32. The SMILES string of the molecule is Nc1ccc(C(F)(C(F)(F)F)C(F)(F)F)cc1O. The Morgan fingerprint density at radius 3 is 1.67 bits per heavy atom. The Morgan fingerprint density at radius 2 is 1.33 bits per heavy atom. The molecule has 0 bridgehead atoms. The summed E-state index contributed by atoms with van der Waals surface area (Å²) in [6, 6.07) is 0.767. The van der Waals surface area contributed by atoms with E-state index in [-0.39, 0.29) is 12.1 Å². The molecule has 1 rings (SSSR count). The second-order valence-electron chi connectivity index (χ2n) is 3.43. The van der Waals surface area contributed by atoms with Gasteiger partial charge in [0.25, 0.3) is 0 Å². The minimum atomic E-state index is -6.21. The maximum Gasteiger partial charge on any atom is 0.435 e. The second-order valence-corrected chi connectivity index (χ2v) is 3.43. The van der Waals surface area contributed by atoms with E-state index in [4.69, 9.17) is 10.8 Å². The molecule has 0 saturated carbocycles. The molecule has 0 aliphatic rings. The van der Waals surface area contributed by atoms with Gasteiger partial charge in [-0.3, -0.25) is 0 Å². The van der Waals surface area contributed by atoms with Crippen LogP contribution in [0.3, 0.4) is 0 Å². The van der Waals surface area contributed by atoms with Crippen molar-refractivity contribution in [1.82, 2.24) is 0 Å². The molecule has 0 heterocycles. The van der Waals surface area contributed by atoms with Crippen molar-refractivity contribution < 1.29 is 35.8 Å². The average molecular weight is 277 g/mol. The van der Waals surface area contributed by atoms with Crippen LogP contribution in [0.25, 0.3) is 0 Å². The van der Waals surface area contributed by atoms with Crippen LogP contribution in [0.5, 0.6) is 5.75 Å². The summed E-state index contributed by atoms with van der Waals surface area (Å²) >= 11 is 0. The van der Waals surface area contributed by atoms with Crippen LogP contribution in [-0.2, 0) is 5.67 Å². The highest BCUT2D eigenvalue weighted by atomic mass is 19.4. The van der Waals surface area contributed by atoms with Crippen molar-refractivity contribution in [2.24, 2.45) is 0 Å². The quantitative estimate of drug-likeness (QED) is 0.470. The van der Waals surface area contributed by atoms with Crippen molar-refractivity contribution in [3.63, 3.8) is 0 Å². The number of rotatable bonds is 1. The number of halogens is 7. The van der Waals surface area contributed by atoms with Crippen LogP contribution < -0.4 is 5.73 Å². The van der Waals surface area contributed by atoms with Crippen molar-refractivity contribution in [3.8, 4) is 5.75 Å². The van der Waals surface area contributed by atoms with Gasteiger partial charge in [-0.05, 0) is 12.1 Å². The minimum Gasteiger partial charge on any atom is -0.506 e. The summed E-state index contributed by atoms with van der Waals surface area (Å²) in [7, 11) is 0. The van der Waals surface area contributed by atoms with Gasteiger partial charge in [-0.15, -0.1) is 0 Å². The van der Waals surface area contributed by atoms with E-state index < -0.39 is 35.0 Å².